The third-order valence-corrected chi connectivity index (χ3v) is 2.75. The third kappa shape index (κ3) is 0.956. The van der Waals surface area contributed by atoms with E-state index in [2.05, 4.69) is 0 Å². The van der Waals surface area contributed by atoms with E-state index in [-0.39, 0.29) is 12.2 Å². The summed E-state index contributed by atoms with van der Waals surface area (Å²) in [6.45, 7) is 0.867. The molecule has 2 aliphatic rings. The Bertz CT molecular complexity index is 102. The van der Waals surface area contributed by atoms with Crippen molar-refractivity contribution in [3.63, 3.8) is 0 Å². The van der Waals surface area contributed by atoms with Gasteiger partial charge in [0.1, 0.15) is 0 Å². The fourth-order valence-electron chi connectivity index (χ4n) is 2.09. The van der Waals surface area contributed by atoms with Crippen LogP contribution in [0.3, 0.4) is 0 Å². The van der Waals surface area contributed by atoms with Gasteiger partial charge in [-0.25, -0.2) is 0 Å². The maximum absolute atomic E-state index is 9.56. The molecule has 0 spiro atoms. The second-order valence-corrected chi connectivity index (χ2v) is 3.38. The van der Waals surface area contributed by atoms with Crippen LogP contribution in [0, 0.1) is 5.92 Å². The van der Waals surface area contributed by atoms with Gasteiger partial charge in [0.2, 0.25) is 0 Å². The molecule has 3 atom stereocenters. The van der Waals surface area contributed by atoms with Crippen molar-refractivity contribution < 1.29 is 9.84 Å². The van der Waals surface area contributed by atoms with E-state index in [1.54, 1.807) is 0 Å². The van der Waals surface area contributed by atoms with Crippen molar-refractivity contribution in [2.75, 3.05) is 6.61 Å². The van der Waals surface area contributed by atoms with Crippen LogP contribution in [0.15, 0.2) is 0 Å². The van der Waals surface area contributed by atoms with Gasteiger partial charge in [-0.2, -0.15) is 0 Å². The molecule has 0 radical (unpaired) electrons. The number of hydrogen-bond acceptors (Lipinski definition) is 2. The molecule has 10 heavy (non-hydrogen) atoms. The minimum Gasteiger partial charge on any atom is -0.390 e. The summed E-state index contributed by atoms with van der Waals surface area (Å²) in [6, 6.07) is 0. The summed E-state index contributed by atoms with van der Waals surface area (Å²) >= 11 is 0. The zero-order chi connectivity index (χ0) is 6.97. The number of fused-ring (bicyclic) bond motifs is 2. The van der Waals surface area contributed by atoms with Gasteiger partial charge < -0.3 is 9.84 Å². The Morgan fingerprint density at radius 1 is 1.20 bits per heavy atom. The van der Waals surface area contributed by atoms with Crippen molar-refractivity contribution in [3.05, 3.63) is 0 Å². The highest BCUT2D eigenvalue weighted by atomic mass is 16.5. The van der Waals surface area contributed by atoms with Crippen LogP contribution in [0.5, 0.6) is 0 Å². The Morgan fingerprint density at radius 2 is 2.10 bits per heavy atom. The molecular formula is C8H14O2. The molecule has 2 bridgehead atoms. The monoisotopic (exact) mass is 142 g/mol. The molecule has 0 aromatic rings. The summed E-state index contributed by atoms with van der Waals surface area (Å²) < 4.78 is 5.41. The largest absolute Gasteiger partial charge is 0.390 e. The van der Waals surface area contributed by atoms with E-state index in [1.807, 2.05) is 0 Å². The van der Waals surface area contributed by atoms with Gasteiger partial charge in [0.25, 0.3) is 0 Å². The first kappa shape index (κ1) is 6.62. The highest BCUT2D eigenvalue weighted by Crippen LogP contribution is 2.32. The van der Waals surface area contributed by atoms with Gasteiger partial charge in [-0.15, -0.1) is 0 Å². The predicted molar refractivity (Wildman–Crippen MR) is 37.7 cm³/mol. The highest BCUT2D eigenvalue weighted by Gasteiger charge is 2.35. The molecule has 0 aromatic carbocycles. The van der Waals surface area contributed by atoms with Crippen LogP contribution in [0.2, 0.25) is 0 Å². The topological polar surface area (TPSA) is 29.5 Å². The van der Waals surface area contributed by atoms with Gasteiger partial charge in [-0.3, -0.25) is 0 Å². The lowest BCUT2D eigenvalue weighted by molar-refractivity contribution is -0.126. The van der Waals surface area contributed by atoms with Crippen LogP contribution < -0.4 is 0 Å². The zero-order valence-electron chi connectivity index (χ0n) is 6.12. The van der Waals surface area contributed by atoms with Crippen LogP contribution in [0.25, 0.3) is 0 Å². The lowest BCUT2D eigenvalue weighted by Gasteiger charge is -2.39. The summed E-state index contributed by atoms with van der Waals surface area (Å²) in [4.78, 5) is 0. The molecule has 0 aromatic heterocycles. The van der Waals surface area contributed by atoms with Crippen molar-refractivity contribution in [3.8, 4) is 0 Å². The first-order valence-electron chi connectivity index (χ1n) is 4.17. The Kier molecular flexibility index (Phi) is 1.66. The van der Waals surface area contributed by atoms with E-state index in [1.165, 1.54) is 12.8 Å². The molecule has 2 rings (SSSR count). The fourth-order valence-corrected chi connectivity index (χ4v) is 2.09. The lowest BCUT2D eigenvalue weighted by Crippen LogP contribution is -2.43. The number of aliphatic hydroxyl groups excluding tert-OH is 1. The molecule has 3 unspecified atom stereocenters. The smallest absolute Gasteiger partial charge is 0.0836 e. The predicted octanol–water partition coefficient (Wildman–Crippen LogP) is 0.936. The number of rotatable bonds is 0. The molecule has 0 amide bonds. The van der Waals surface area contributed by atoms with Gasteiger partial charge in [0, 0.05) is 6.61 Å². The SMILES string of the molecule is OC1C2CCCC1OCC2. The zero-order valence-corrected chi connectivity index (χ0v) is 6.12. The molecule has 1 aliphatic carbocycles. The van der Waals surface area contributed by atoms with Gasteiger partial charge >= 0.3 is 0 Å². The quantitative estimate of drug-likeness (QED) is 0.545. The molecule has 2 nitrogen and oxygen atoms in total. The summed E-state index contributed by atoms with van der Waals surface area (Å²) in [5, 5.41) is 9.56. The van der Waals surface area contributed by atoms with Gasteiger partial charge in [0.05, 0.1) is 12.2 Å². The van der Waals surface area contributed by atoms with Gasteiger partial charge in [-0.05, 0) is 25.2 Å². The molecule has 1 saturated heterocycles. The van der Waals surface area contributed by atoms with E-state index < -0.39 is 0 Å². The molecule has 2 fully saturated rings. The van der Waals surface area contributed by atoms with Crippen molar-refractivity contribution in [2.45, 2.75) is 37.9 Å². The van der Waals surface area contributed by atoms with Crippen LogP contribution in [0.4, 0.5) is 0 Å². The maximum Gasteiger partial charge on any atom is 0.0836 e. The maximum atomic E-state index is 9.56. The summed E-state index contributed by atoms with van der Waals surface area (Å²) in [6.07, 6.45) is 4.61. The minimum absolute atomic E-state index is 0.150. The van der Waals surface area contributed by atoms with Crippen molar-refractivity contribution in [1.29, 1.82) is 0 Å². The minimum atomic E-state index is -0.150. The Morgan fingerprint density at radius 3 is 2.80 bits per heavy atom. The molecule has 58 valence electrons. The summed E-state index contributed by atoms with van der Waals surface area (Å²) in [7, 11) is 0. The van der Waals surface area contributed by atoms with E-state index in [4.69, 9.17) is 4.74 Å². The van der Waals surface area contributed by atoms with Crippen molar-refractivity contribution >= 4 is 0 Å². The Hall–Kier alpha value is -0.0800. The molecule has 1 saturated carbocycles. The van der Waals surface area contributed by atoms with E-state index in [0.29, 0.717) is 5.92 Å². The van der Waals surface area contributed by atoms with Gasteiger partial charge in [0.15, 0.2) is 0 Å². The third-order valence-electron chi connectivity index (χ3n) is 2.75. The van der Waals surface area contributed by atoms with Crippen molar-refractivity contribution in [2.24, 2.45) is 5.92 Å². The second-order valence-electron chi connectivity index (χ2n) is 3.38. The fraction of sp³-hybridized carbons (Fsp3) is 1.00. The van der Waals surface area contributed by atoms with Crippen LogP contribution in [-0.4, -0.2) is 23.9 Å². The van der Waals surface area contributed by atoms with E-state index in [0.717, 1.165) is 19.4 Å². The summed E-state index contributed by atoms with van der Waals surface area (Å²) in [5.74, 6) is 0.549. The van der Waals surface area contributed by atoms with E-state index >= 15 is 0 Å². The average molecular weight is 142 g/mol. The first-order chi connectivity index (χ1) is 4.88. The molecule has 1 N–H and O–H groups in total. The standard InChI is InChI=1S/C8H14O2/c9-8-6-2-1-3-7(8)10-5-4-6/h6-9H,1-5H2. The van der Waals surface area contributed by atoms with Crippen LogP contribution >= 0.6 is 0 Å². The normalized spacial score (nSPS) is 47.1. The second kappa shape index (κ2) is 2.51. The number of ether oxygens (including phenoxy) is 1. The van der Waals surface area contributed by atoms with Gasteiger partial charge in [-0.1, -0.05) is 6.42 Å². The highest BCUT2D eigenvalue weighted by molar-refractivity contribution is 4.85. The number of hydrogen-bond donors (Lipinski definition) is 1. The molecule has 1 aliphatic heterocycles. The lowest BCUT2D eigenvalue weighted by atomic mass is 9.81. The first-order valence-corrected chi connectivity index (χ1v) is 4.17. The van der Waals surface area contributed by atoms with Crippen molar-refractivity contribution in [1.82, 2.24) is 0 Å². The van der Waals surface area contributed by atoms with Crippen LogP contribution in [-0.2, 0) is 4.74 Å². The molecular weight excluding hydrogens is 128 g/mol. The number of aliphatic hydroxyl groups is 1. The average Bonchev–Trinajstić information content (AvgIpc) is 1.86. The van der Waals surface area contributed by atoms with Crippen LogP contribution in [0.1, 0.15) is 25.7 Å². The molecule has 2 heteroatoms. The Labute approximate surface area is 61.2 Å². The van der Waals surface area contributed by atoms with E-state index in [9.17, 15) is 5.11 Å². The Balaban J connectivity index is 2.05. The summed E-state index contributed by atoms with van der Waals surface area (Å²) in [5.41, 5.74) is 0. The molecule has 1 heterocycles.